The minimum Gasteiger partial charge on any atom is -0.386 e. The number of hydrogen-bond donors (Lipinski definition) is 3. The highest BCUT2D eigenvalue weighted by atomic mass is 19.1. The third-order valence-corrected chi connectivity index (χ3v) is 1.73. The van der Waals surface area contributed by atoms with Crippen molar-refractivity contribution in [1.82, 2.24) is 5.32 Å². The summed E-state index contributed by atoms with van der Waals surface area (Å²) >= 11 is 0. The van der Waals surface area contributed by atoms with Gasteiger partial charge in [0.05, 0.1) is 13.0 Å². The van der Waals surface area contributed by atoms with E-state index in [9.17, 15) is 9.18 Å². The molecule has 0 aliphatic heterocycles. The number of nitrogens with one attached hydrogen (secondary N) is 2. The zero-order chi connectivity index (χ0) is 11.3. The minimum absolute atomic E-state index is 0.0220. The predicted molar refractivity (Wildman–Crippen MR) is 55.0 cm³/mol. The normalized spacial score (nSPS) is 9.67. The second kappa shape index (κ2) is 5.09. The Labute approximate surface area is 86.8 Å². The van der Waals surface area contributed by atoms with Gasteiger partial charge in [-0.2, -0.15) is 0 Å². The maximum atomic E-state index is 12.7. The van der Waals surface area contributed by atoms with Crippen LogP contribution in [0.2, 0.25) is 0 Å². The van der Waals surface area contributed by atoms with Crippen molar-refractivity contribution >= 4 is 11.7 Å². The Morgan fingerprint density at radius 2 is 2.27 bits per heavy atom. The van der Waals surface area contributed by atoms with Gasteiger partial charge in [0, 0.05) is 0 Å². The Kier molecular flexibility index (Phi) is 3.79. The maximum absolute atomic E-state index is 12.7. The van der Waals surface area contributed by atoms with Crippen molar-refractivity contribution in [3.63, 3.8) is 0 Å². The SMILES string of the molecule is N=C(N)CNC(=O)Cc1cccc(F)c1. The molecule has 1 amide bonds. The molecule has 0 aliphatic carbocycles. The van der Waals surface area contributed by atoms with Crippen LogP contribution in [0.5, 0.6) is 0 Å². The molecule has 5 heteroatoms. The second-order valence-corrected chi connectivity index (χ2v) is 3.11. The van der Waals surface area contributed by atoms with Gasteiger partial charge >= 0.3 is 0 Å². The summed E-state index contributed by atoms with van der Waals surface area (Å²) < 4.78 is 12.7. The molecular weight excluding hydrogens is 197 g/mol. The Bertz CT molecular complexity index is 379. The van der Waals surface area contributed by atoms with Gasteiger partial charge in [-0.15, -0.1) is 0 Å². The summed E-state index contributed by atoms with van der Waals surface area (Å²) in [5.41, 5.74) is 5.66. The molecule has 0 radical (unpaired) electrons. The lowest BCUT2D eigenvalue weighted by molar-refractivity contribution is -0.120. The van der Waals surface area contributed by atoms with E-state index < -0.39 is 0 Å². The zero-order valence-corrected chi connectivity index (χ0v) is 8.09. The standard InChI is InChI=1S/C10H12FN3O/c11-8-3-1-2-7(4-8)5-10(15)14-6-9(12)13/h1-4H,5-6H2,(H3,12,13)(H,14,15). The van der Waals surface area contributed by atoms with Crippen molar-refractivity contribution in [1.29, 1.82) is 5.41 Å². The van der Waals surface area contributed by atoms with E-state index >= 15 is 0 Å². The summed E-state index contributed by atoms with van der Waals surface area (Å²) in [6.07, 6.45) is 0.0883. The first-order valence-electron chi connectivity index (χ1n) is 4.42. The molecule has 1 rings (SSSR count). The lowest BCUT2D eigenvalue weighted by Gasteiger charge is -2.03. The van der Waals surface area contributed by atoms with Gasteiger partial charge in [0.2, 0.25) is 5.91 Å². The van der Waals surface area contributed by atoms with Gasteiger partial charge in [-0.1, -0.05) is 12.1 Å². The topological polar surface area (TPSA) is 79.0 Å². The maximum Gasteiger partial charge on any atom is 0.224 e. The van der Waals surface area contributed by atoms with E-state index in [1.54, 1.807) is 12.1 Å². The van der Waals surface area contributed by atoms with Gasteiger partial charge in [-0.3, -0.25) is 10.2 Å². The summed E-state index contributed by atoms with van der Waals surface area (Å²) in [7, 11) is 0. The molecule has 15 heavy (non-hydrogen) atoms. The van der Waals surface area contributed by atoms with Crippen molar-refractivity contribution in [3.8, 4) is 0 Å². The highest BCUT2D eigenvalue weighted by Gasteiger charge is 2.03. The molecule has 0 atom stereocenters. The van der Waals surface area contributed by atoms with E-state index in [0.717, 1.165) is 0 Å². The third kappa shape index (κ3) is 4.21. The molecule has 0 fully saturated rings. The van der Waals surface area contributed by atoms with Gasteiger partial charge in [0.25, 0.3) is 0 Å². The fourth-order valence-corrected chi connectivity index (χ4v) is 1.09. The van der Waals surface area contributed by atoms with Gasteiger partial charge in [0.1, 0.15) is 11.7 Å². The largest absolute Gasteiger partial charge is 0.386 e. The van der Waals surface area contributed by atoms with Gasteiger partial charge in [-0.05, 0) is 17.7 Å². The van der Waals surface area contributed by atoms with Crippen molar-refractivity contribution in [2.45, 2.75) is 6.42 Å². The van der Waals surface area contributed by atoms with Crippen LogP contribution >= 0.6 is 0 Å². The predicted octanol–water partition coefficient (Wildman–Crippen LogP) is 0.420. The first kappa shape index (κ1) is 11.2. The number of carbonyl (C=O) groups is 1. The number of benzene rings is 1. The van der Waals surface area contributed by atoms with E-state index in [1.165, 1.54) is 12.1 Å². The molecule has 0 bridgehead atoms. The molecule has 0 unspecified atom stereocenters. The van der Waals surface area contributed by atoms with Crippen LogP contribution in [-0.4, -0.2) is 18.3 Å². The number of nitrogens with two attached hydrogens (primary N) is 1. The zero-order valence-electron chi connectivity index (χ0n) is 8.09. The third-order valence-electron chi connectivity index (χ3n) is 1.73. The lowest BCUT2D eigenvalue weighted by atomic mass is 10.1. The summed E-state index contributed by atoms with van der Waals surface area (Å²) in [4.78, 5) is 11.2. The molecular formula is C10H12FN3O. The average Bonchev–Trinajstić information content (AvgIpc) is 2.15. The molecule has 0 heterocycles. The Morgan fingerprint density at radius 3 is 2.87 bits per heavy atom. The van der Waals surface area contributed by atoms with Crippen LogP contribution in [0.4, 0.5) is 4.39 Å². The highest BCUT2D eigenvalue weighted by molar-refractivity contribution is 5.86. The van der Waals surface area contributed by atoms with Crippen LogP contribution in [0.15, 0.2) is 24.3 Å². The second-order valence-electron chi connectivity index (χ2n) is 3.11. The van der Waals surface area contributed by atoms with E-state index in [1.807, 2.05) is 0 Å². The molecule has 0 saturated heterocycles. The van der Waals surface area contributed by atoms with Crippen LogP contribution in [0, 0.1) is 11.2 Å². The molecule has 0 saturated carbocycles. The van der Waals surface area contributed by atoms with Gasteiger partial charge < -0.3 is 11.1 Å². The quantitative estimate of drug-likeness (QED) is 0.496. The van der Waals surface area contributed by atoms with Gasteiger partial charge in [-0.25, -0.2) is 4.39 Å². The minimum atomic E-state index is -0.369. The van der Waals surface area contributed by atoms with Crippen LogP contribution in [-0.2, 0) is 11.2 Å². The molecule has 0 spiro atoms. The molecule has 4 N–H and O–H groups in total. The first-order valence-corrected chi connectivity index (χ1v) is 4.42. The average molecular weight is 209 g/mol. The number of carbonyl (C=O) groups excluding carboxylic acids is 1. The number of rotatable bonds is 4. The monoisotopic (exact) mass is 209 g/mol. The summed E-state index contributed by atoms with van der Waals surface area (Å²) in [5, 5.41) is 9.34. The van der Waals surface area contributed by atoms with Crippen molar-refractivity contribution in [2.24, 2.45) is 5.73 Å². The fraction of sp³-hybridized carbons (Fsp3) is 0.200. The van der Waals surface area contributed by atoms with Crippen molar-refractivity contribution in [3.05, 3.63) is 35.6 Å². The Hall–Kier alpha value is -1.91. The number of hydrogen-bond acceptors (Lipinski definition) is 2. The van der Waals surface area contributed by atoms with E-state index in [2.05, 4.69) is 5.32 Å². The van der Waals surface area contributed by atoms with E-state index in [4.69, 9.17) is 11.1 Å². The molecule has 80 valence electrons. The van der Waals surface area contributed by atoms with Crippen LogP contribution < -0.4 is 11.1 Å². The molecule has 1 aromatic carbocycles. The molecule has 0 aliphatic rings. The number of amidine groups is 1. The van der Waals surface area contributed by atoms with Crippen molar-refractivity contribution in [2.75, 3.05) is 6.54 Å². The summed E-state index contributed by atoms with van der Waals surface area (Å²) in [5.74, 6) is -0.759. The summed E-state index contributed by atoms with van der Waals surface area (Å²) in [6, 6.07) is 5.82. The lowest BCUT2D eigenvalue weighted by Crippen LogP contribution is -2.33. The summed E-state index contributed by atoms with van der Waals surface area (Å²) in [6.45, 7) is 0.0220. The molecule has 1 aromatic rings. The van der Waals surface area contributed by atoms with Crippen LogP contribution in [0.3, 0.4) is 0 Å². The Balaban J connectivity index is 2.48. The van der Waals surface area contributed by atoms with Crippen LogP contribution in [0.1, 0.15) is 5.56 Å². The van der Waals surface area contributed by atoms with Gasteiger partial charge in [0.15, 0.2) is 0 Å². The Morgan fingerprint density at radius 1 is 1.53 bits per heavy atom. The fourth-order valence-electron chi connectivity index (χ4n) is 1.09. The smallest absolute Gasteiger partial charge is 0.224 e. The first-order chi connectivity index (χ1) is 7.08. The number of amides is 1. The number of halogens is 1. The molecule has 0 aromatic heterocycles. The van der Waals surface area contributed by atoms with E-state index in [-0.39, 0.29) is 30.5 Å². The van der Waals surface area contributed by atoms with Crippen LogP contribution in [0.25, 0.3) is 0 Å². The highest BCUT2D eigenvalue weighted by Crippen LogP contribution is 2.03. The molecule has 4 nitrogen and oxygen atoms in total. The van der Waals surface area contributed by atoms with E-state index in [0.29, 0.717) is 5.56 Å². The van der Waals surface area contributed by atoms with Crippen molar-refractivity contribution < 1.29 is 9.18 Å².